The van der Waals surface area contributed by atoms with Gasteiger partial charge in [-0.25, -0.2) is 4.79 Å². The first-order valence-electron chi connectivity index (χ1n) is 5.61. The van der Waals surface area contributed by atoms with Gasteiger partial charge in [-0.05, 0) is 27.2 Å². The zero-order valence-corrected chi connectivity index (χ0v) is 10.4. The number of hydrogen-bond donors (Lipinski definition) is 1. The van der Waals surface area contributed by atoms with Gasteiger partial charge in [0, 0.05) is 6.42 Å². The monoisotopic (exact) mass is 238 g/mol. The third kappa shape index (κ3) is 5.25. The summed E-state index contributed by atoms with van der Waals surface area (Å²) < 4.78 is 10.5. The molecular weight excluding hydrogens is 220 g/mol. The van der Waals surface area contributed by atoms with Crippen LogP contribution in [0.4, 0.5) is 4.79 Å². The average Bonchev–Trinajstić information content (AvgIpc) is 2.18. The van der Waals surface area contributed by atoms with E-state index in [1.165, 1.54) is 6.08 Å². The highest BCUT2D eigenvalue weighted by Gasteiger charge is 2.22. The molecule has 0 aromatic rings. The van der Waals surface area contributed by atoms with Gasteiger partial charge in [-0.15, -0.1) is 0 Å². The van der Waals surface area contributed by atoms with Crippen LogP contribution in [0.3, 0.4) is 0 Å². The third-order valence-corrected chi connectivity index (χ3v) is 2.16. The van der Waals surface area contributed by atoms with E-state index in [0.717, 1.165) is 6.42 Å². The summed E-state index contributed by atoms with van der Waals surface area (Å²) in [6, 6.07) is 1.87. The van der Waals surface area contributed by atoms with E-state index in [1.807, 2.05) is 26.8 Å². The van der Waals surface area contributed by atoms with Gasteiger partial charge >= 0.3 is 6.09 Å². The molecule has 1 amide bonds. The summed E-state index contributed by atoms with van der Waals surface area (Å²) in [6.45, 7) is 5.83. The summed E-state index contributed by atoms with van der Waals surface area (Å²) in [5.41, 5.74) is -0.495. The van der Waals surface area contributed by atoms with Crippen molar-refractivity contribution >= 4 is 6.09 Å². The zero-order valence-electron chi connectivity index (χ0n) is 10.4. The SMILES string of the molecule is CC(C)(C)OC(=O)N[C@H]1CC/C(=C\C#N)OC1. The largest absolute Gasteiger partial charge is 0.495 e. The molecule has 0 bridgehead atoms. The maximum absolute atomic E-state index is 11.5. The van der Waals surface area contributed by atoms with Gasteiger partial charge in [0.2, 0.25) is 0 Å². The molecule has 1 aliphatic heterocycles. The fourth-order valence-corrected chi connectivity index (χ4v) is 1.45. The van der Waals surface area contributed by atoms with Crippen molar-refractivity contribution in [3.8, 4) is 6.07 Å². The molecule has 0 saturated carbocycles. The summed E-state index contributed by atoms with van der Waals surface area (Å²) in [7, 11) is 0. The second kappa shape index (κ2) is 5.58. The van der Waals surface area contributed by atoms with Gasteiger partial charge in [-0.2, -0.15) is 5.26 Å². The molecule has 0 unspecified atom stereocenters. The van der Waals surface area contributed by atoms with E-state index in [9.17, 15) is 4.79 Å². The van der Waals surface area contributed by atoms with Crippen LogP contribution in [-0.4, -0.2) is 24.3 Å². The molecule has 0 radical (unpaired) electrons. The standard InChI is InChI=1S/C12H18N2O3/c1-12(2,3)17-11(15)14-9-4-5-10(6-7-13)16-8-9/h6,9H,4-5,8H2,1-3H3,(H,14,15)/b10-6+/t9-/m0/s1. The van der Waals surface area contributed by atoms with E-state index in [0.29, 0.717) is 18.8 Å². The highest BCUT2D eigenvalue weighted by Crippen LogP contribution is 2.17. The van der Waals surface area contributed by atoms with Crippen LogP contribution in [-0.2, 0) is 9.47 Å². The van der Waals surface area contributed by atoms with Crippen molar-refractivity contribution in [1.29, 1.82) is 5.26 Å². The molecule has 1 rings (SSSR count). The number of amides is 1. The molecule has 1 N–H and O–H groups in total. The van der Waals surface area contributed by atoms with Crippen molar-refractivity contribution in [2.75, 3.05) is 6.61 Å². The van der Waals surface area contributed by atoms with Crippen molar-refractivity contribution in [1.82, 2.24) is 5.32 Å². The molecule has 1 heterocycles. The van der Waals surface area contributed by atoms with Crippen LogP contribution in [0.15, 0.2) is 11.8 Å². The van der Waals surface area contributed by atoms with Crippen LogP contribution in [0.5, 0.6) is 0 Å². The Bertz CT molecular complexity index is 340. The zero-order chi connectivity index (χ0) is 12.9. The highest BCUT2D eigenvalue weighted by molar-refractivity contribution is 5.68. The van der Waals surface area contributed by atoms with E-state index in [-0.39, 0.29) is 6.04 Å². The number of allylic oxidation sites excluding steroid dienone is 2. The lowest BCUT2D eigenvalue weighted by molar-refractivity contribution is 0.0438. The van der Waals surface area contributed by atoms with Gasteiger partial charge in [-0.1, -0.05) is 0 Å². The maximum atomic E-state index is 11.5. The van der Waals surface area contributed by atoms with Gasteiger partial charge in [-0.3, -0.25) is 0 Å². The summed E-state index contributed by atoms with van der Waals surface area (Å²) in [4.78, 5) is 11.5. The van der Waals surface area contributed by atoms with Crippen LogP contribution in [0.1, 0.15) is 33.6 Å². The summed E-state index contributed by atoms with van der Waals surface area (Å²) in [5.74, 6) is 0.676. The second-order valence-electron chi connectivity index (χ2n) is 4.93. The Morgan fingerprint density at radius 2 is 2.35 bits per heavy atom. The molecule has 0 spiro atoms. The first-order chi connectivity index (χ1) is 7.90. The highest BCUT2D eigenvalue weighted by atomic mass is 16.6. The second-order valence-corrected chi connectivity index (χ2v) is 4.93. The Kier molecular flexibility index (Phi) is 4.38. The molecule has 17 heavy (non-hydrogen) atoms. The fraction of sp³-hybridized carbons (Fsp3) is 0.667. The lowest BCUT2D eigenvalue weighted by Gasteiger charge is -2.27. The quantitative estimate of drug-likeness (QED) is 0.710. The van der Waals surface area contributed by atoms with Crippen molar-refractivity contribution in [3.05, 3.63) is 11.8 Å². The number of nitriles is 1. The minimum atomic E-state index is -0.495. The Balaban J connectivity index is 2.34. The number of rotatable bonds is 1. The number of alkyl carbamates (subject to hydrolysis) is 1. The molecule has 5 heteroatoms. The Labute approximate surface area is 101 Å². The number of nitrogens with zero attached hydrogens (tertiary/aromatic N) is 1. The fourth-order valence-electron chi connectivity index (χ4n) is 1.45. The number of ether oxygens (including phenoxy) is 2. The maximum Gasteiger partial charge on any atom is 0.407 e. The van der Waals surface area contributed by atoms with Crippen molar-refractivity contribution < 1.29 is 14.3 Å². The Hall–Kier alpha value is -1.70. The van der Waals surface area contributed by atoms with Crippen LogP contribution in [0.25, 0.3) is 0 Å². The first-order valence-corrected chi connectivity index (χ1v) is 5.61. The number of hydrogen-bond acceptors (Lipinski definition) is 4. The predicted octanol–water partition coefficient (Wildman–Crippen LogP) is 2.10. The molecular formula is C12H18N2O3. The van der Waals surface area contributed by atoms with E-state index >= 15 is 0 Å². The van der Waals surface area contributed by atoms with Crippen LogP contribution >= 0.6 is 0 Å². The molecule has 1 fully saturated rings. The van der Waals surface area contributed by atoms with E-state index in [4.69, 9.17) is 14.7 Å². The summed E-state index contributed by atoms with van der Waals surface area (Å²) >= 11 is 0. The van der Waals surface area contributed by atoms with Gasteiger partial charge in [0.15, 0.2) is 0 Å². The van der Waals surface area contributed by atoms with E-state index < -0.39 is 11.7 Å². The molecule has 94 valence electrons. The number of nitrogens with one attached hydrogen (secondary N) is 1. The van der Waals surface area contributed by atoms with E-state index in [2.05, 4.69) is 5.32 Å². The normalized spacial score (nSPS) is 22.5. The van der Waals surface area contributed by atoms with Crippen molar-refractivity contribution in [3.63, 3.8) is 0 Å². The molecule has 5 nitrogen and oxygen atoms in total. The molecule has 1 saturated heterocycles. The van der Waals surface area contributed by atoms with Crippen molar-refractivity contribution in [2.24, 2.45) is 0 Å². The van der Waals surface area contributed by atoms with Gasteiger partial charge in [0.1, 0.15) is 18.0 Å². The Morgan fingerprint density at radius 1 is 1.65 bits per heavy atom. The third-order valence-electron chi connectivity index (χ3n) is 2.16. The topological polar surface area (TPSA) is 71.3 Å². The molecule has 0 aromatic heterocycles. The Morgan fingerprint density at radius 3 is 2.82 bits per heavy atom. The minimum absolute atomic E-state index is 0.0549. The van der Waals surface area contributed by atoms with Crippen LogP contribution in [0.2, 0.25) is 0 Å². The van der Waals surface area contributed by atoms with Crippen molar-refractivity contribution in [2.45, 2.75) is 45.3 Å². The van der Waals surface area contributed by atoms with Gasteiger partial charge in [0.25, 0.3) is 0 Å². The van der Waals surface area contributed by atoms with Gasteiger partial charge in [0.05, 0.1) is 18.2 Å². The molecule has 0 aromatic carbocycles. The lowest BCUT2D eigenvalue weighted by Crippen LogP contribution is -2.42. The van der Waals surface area contributed by atoms with Crippen LogP contribution in [0, 0.1) is 11.3 Å². The number of carbonyl (C=O) groups is 1. The van der Waals surface area contributed by atoms with Crippen LogP contribution < -0.4 is 5.32 Å². The molecule has 1 atom stereocenters. The molecule has 0 aliphatic carbocycles. The van der Waals surface area contributed by atoms with E-state index in [1.54, 1.807) is 0 Å². The summed E-state index contributed by atoms with van der Waals surface area (Å²) in [5, 5.41) is 11.2. The average molecular weight is 238 g/mol. The summed E-state index contributed by atoms with van der Waals surface area (Å²) in [6.07, 6.45) is 2.38. The van der Waals surface area contributed by atoms with Gasteiger partial charge < -0.3 is 14.8 Å². The smallest absolute Gasteiger partial charge is 0.407 e. The first kappa shape index (κ1) is 13.4. The molecule has 1 aliphatic rings. The lowest BCUT2D eigenvalue weighted by atomic mass is 10.1. The predicted molar refractivity (Wildman–Crippen MR) is 62.0 cm³/mol. The minimum Gasteiger partial charge on any atom is -0.495 e. The number of carbonyl (C=O) groups excluding carboxylic acids is 1.